The second-order valence-electron chi connectivity index (χ2n) is 3.08. The molecule has 2 heteroatoms. The number of hydrogen-bond donors (Lipinski definition) is 2. The van der Waals surface area contributed by atoms with E-state index in [0.717, 1.165) is 11.1 Å². The molecule has 0 bridgehead atoms. The zero-order valence-corrected chi connectivity index (χ0v) is 8.04. The number of aliphatic hydroxyl groups is 1. The van der Waals surface area contributed by atoms with Gasteiger partial charge < -0.3 is 10.4 Å². The summed E-state index contributed by atoms with van der Waals surface area (Å²) in [4.78, 5) is 0. The molecule has 1 aromatic rings. The first-order valence-corrected chi connectivity index (χ1v) is 4.30. The Labute approximate surface area is 78.9 Å². The molecule has 0 heterocycles. The number of rotatable bonds is 3. The first-order chi connectivity index (χ1) is 6.15. The highest BCUT2D eigenvalue weighted by atomic mass is 16.3. The topological polar surface area (TPSA) is 32.3 Å². The maximum atomic E-state index is 9.19. The molecule has 0 saturated carbocycles. The molecule has 0 aliphatic rings. The molecule has 70 valence electrons. The van der Waals surface area contributed by atoms with Crippen LogP contribution in [-0.4, -0.2) is 12.2 Å². The van der Waals surface area contributed by atoms with Gasteiger partial charge in [0.15, 0.2) is 0 Å². The Morgan fingerprint density at radius 1 is 1.54 bits per heavy atom. The molecule has 0 fully saturated rings. The van der Waals surface area contributed by atoms with E-state index in [4.69, 9.17) is 0 Å². The SMILES string of the molecule is C=C(O)c1cccc(C(C)NC)c1. The van der Waals surface area contributed by atoms with Crippen molar-refractivity contribution < 1.29 is 5.11 Å². The van der Waals surface area contributed by atoms with Gasteiger partial charge in [0.2, 0.25) is 0 Å². The Hall–Kier alpha value is -1.28. The van der Waals surface area contributed by atoms with E-state index in [1.165, 1.54) is 0 Å². The van der Waals surface area contributed by atoms with Gasteiger partial charge in [-0.1, -0.05) is 24.8 Å². The molecule has 1 aromatic carbocycles. The molecular weight excluding hydrogens is 162 g/mol. The molecule has 2 nitrogen and oxygen atoms in total. The molecule has 0 spiro atoms. The van der Waals surface area contributed by atoms with Crippen molar-refractivity contribution in [1.29, 1.82) is 0 Å². The lowest BCUT2D eigenvalue weighted by molar-refractivity contribution is 0.513. The first kappa shape index (κ1) is 9.81. The van der Waals surface area contributed by atoms with Crippen LogP contribution in [-0.2, 0) is 0 Å². The lowest BCUT2D eigenvalue weighted by Crippen LogP contribution is -2.12. The van der Waals surface area contributed by atoms with Crippen molar-refractivity contribution >= 4 is 5.76 Å². The quantitative estimate of drug-likeness (QED) is 0.695. The van der Waals surface area contributed by atoms with Crippen LogP contribution < -0.4 is 5.32 Å². The third-order valence-corrected chi connectivity index (χ3v) is 2.15. The molecular formula is C11H15NO. The summed E-state index contributed by atoms with van der Waals surface area (Å²) in [5.41, 5.74) is 1.93. The van der Waals surface area contributed by atoms with Gasteiger partial charge in [-0.05, 0) is 25.6 Å². The number of aliphatic hydroxyl groups excluding tert-OH is 1. The van der Waals surface area contributed by atoms with Gasteiger partial charge in [0.25, 0.3) is 0 Å². The molecule has 0 aromatic heterocycles. The average Bonchev–Trinajstić information content (AvgIpc) is 2.17. The van der Waals surface area contributed by atoms with E-state index in [1.54, 1.807) is 0 Å². The Bertz CT molecular complexity index is 307. The largest absolute Gasteiger partial charge is 0.508 e. The molecule has 0 amide bonds. The van der Waals surface area contributed by atoms with Crippen LogP contribution in [0.5, 0.6) is 0 Å². The van der Waals surface area contributed by atoms with Crippen LogP contribution >= 0.6 is 0 Å². The number of hydrogen-bond acceptors (Lipinski definition) is 2. The Balaban J connectivity index is 2.98. The van der Waals surface area contributed by atoms with Crippen molar-refractivity contribution in [2.45, 2.75) is 13.0 Å². The minimum absolute atomic E-state index is 0.116. The summed E-state index contributed by atoms with van der Waals surface area (Å²) in [7, 11) is 1.91. The molecule has 1 atom stereocenters. The smallest absolute Gasteiger partial charge is 0.115 e. The van der Waals surface area contributed by atoms with Gasteiger partial charge in [0, 0.05) is 11.6 Å². The lowest BCUT2D eigenvalue weighted by atomic mass is 10.0. The molecule has 0 aliphatic heterocycles. The second-order valence-corrected chi connectivity index (χ2v) is 3.08. The zero-order chi connectivity index (χ0) is 9.84. The van der Waals surface area contributed by atoms with Crippen LogP contribution in [0.4, 0.5) is 0 Å². The highest BCUT2D eigenvalue weighted by molar-refractivity contribution is 5.56. The normalized spacial score (nSPS) is 12.5. The zero-order valence-electron chi connectivity index (χ0n) is 8.04. The van der Waals surface area contributed by atoms with E-state index in [9.17, 15) is 5.11 Å². The molecule has 0 radical (unpaired) electrons. The average molecular weight is 177 g/mol. The summed E-state index contributed by atoms with van der Waals surface area (Å²) in [5.74, 6) is 0.116. The Kier molecular flexibility index (Phi) is 3.09. The van der Waals surface area contributed by atoms with E-state index in [2.05, 4.69) is 18.8 Å². The predicted octanol–water partition coefficient (Wildman–Crippen LogP) is 2.50. The van der Waals surface area contributed by atoms with Gasteiger partial charge in [-0.25, -0.2) is 0 Å². The van der Waals surface area contributed by atoms with E-state index in [-0.39, 0.29) is 5.76 Å². The summed E-state index contributed by atoms with van der Waals surface area (Å²) in [5, 5.41) is 12.3. The van der Waals surface area contributed by atoms with Crippen LogP contribution in [0, 0.1) is 0 Å². The van der Waals surface area contributed by atoms with Crippen molar-refractivity contribution in [3.8, 4) is 0 Å². The Morgan fingerprint density at radius 2 is 2.23 bits per heavy atom. The summed E-state index contributed by atoms with van der Waals surface area (Å²) in [6.07, 6.45) is 0. The van der Waals surface area contributed by atoms with E-state index < -0.39 is 0 Å². The van der Waals surface area contributed by atoms with Crippen LogP contribution in [0.25, 0.3) is 5.76 Å². The van der Waals surface area contributed by atoms with Crippen LogP contribution in [0.2, 0.25) is 0 Å². The van der Waals surface area contributed by atoms with Crippen LogP contribution in [0.15, 0.2) is 30.8 Å². The summed E-state index contributed by atoms with van der Waals surface area (Å²) in [6.45, 7) is 5.56. The van der Waals surface area contributed by atoms with Crippen molar-refractivity contribution in [2.24, 2.45) is 0 Å². The summed E-state index contributed by atoms with van der Waals surface area (Å²) < 4.78 is 0. The second kappa shape index (κ2) is 4.10. The van der Waals surface area contributed by atoms with E-state index in [0.29, 0.717) is 6.04 Å². The molecule has 0 saturated heterocycles. The maximum Gasteiger partial charge on any atom is 0.115 e. The standard InChI is InChI=1S/C11H15NO/c1-8(12-3)10-5-4-6-11(7-10)9(2)13/h4-8,12-13H,2H2,1,3H3. The molecule has 13 heavy (non-hydrogen) atoms. The fourth-order valence-corrected chi connectivity index (χ4v) is 1.15. The van der Waals surface area contributed by atoms with Crippen LogP contribution in [0.1, 0.15) is 24.1 Å². The highest BCUT2D eigenvalue weighted by Crippen LogP contribution is 2.16. The minimum Gasteiger partial charge on any atom is -0.508 e. The van der Waals surface area contributed by atoms with Gasteiger partial charge in [0.1, 0.15) is 5.76 Å². The summed E-state index contributed by atoms with van der Waals surface area (Å²) >= 11 is 0. The van der Waals surface area contributed by atoms with Gasteiger partial charge in [-0.3, -0.25) is 0 Å². The third kappa shape index (κ3) is 2.33. The van der Waals surface area contributed by atoms with Gasteiger partial charge in [-0.15, -0.1) is 0 Å². The van der Waals surface area contributed by atoms with Crippen molar-refractivity contribution in [1.82, 2.24) is 5.32 Å². The van der Waals surface area contributed by atoms with Crippen molar-refractivity contribution in [3.05, 3.63) is 42.0 Å². The number of nitrogens with one attached hydrogen (secondary N) is 1. The van der Waals surface area contributed by atoms with Gasteiger partial charge in [-0.2, -0.15) is 0 Å². The molecule has 1 unspecified atom stereocenters. The van der Waals surface area contributed by atoms with E-state index in [1.807, 2.05) is 31.3 Å². The third-order valence-electron chi connectivity index (χ3n) is 2.15. The molecule has 1 rings (SSSR count). The molecule has 2 N–H and O–H groups in total. The van der Waals surface area contributed by atoms with E-state index >= 15 is 0 Å². The fourth-order valence-electron chi connectivity index (χ4n) is 1.15. The maximum absolute atomic E-state index is 9.19. The molecule has 0 aliphatic carbocycles. The van der Waals surface area contributed by atoms with Crippen LogP contribution in [0.3, 0.4) is 0 Å². The summed E-state index contributed by atoms with van der Waals surface area (Å²) in [6, 6.07) is 8.00. The van der Waals surface area contributed by atoms with Gasteiger partial charge in [0.05, 0.1) is 0 Å². The number of benzene rings is 1. The lowest BCUT2D eigenvalue weighted by Gasteiger charge is -2.11. The minimum atomic E-state index is 0.116. The predicted molar refractivity (Wildman–Crippen MR) is 55.6 cm³/mol. The highest BCUT2D eigenvalue weighted by Gasteiger charge is 2.03. The van der Waals surface area contributed by atoms with Gasteiger partial charge >= 0.3 is 0 Å². The Morgan fingerprint density at radius 3 is 2.77 bits per heavy atom. The van der Waals surface area contributed by atoms with Crippen molar-refractivity contribution in [3.63, 3.8) is 0 Å². The van der Waals surface area contributed by atoms with Crippen molar-refractivity contribution in [2.75, 3.05) is 7.05 Å². The fraction of sp³-hybridized carbons (Fsp3) is 0.273. The monoisotopic (exact) mass is 177 g/mol. The first-order valence-electron chi connectivity index (χ1n) is 4.30.